The predicted octanol–water partition coefficient (Wildman–Crippen LogP) is 4.39. The minimum atomic E-state index is -0.491. The highest BCUT2D eigenvalue weighted by atomic mass is 35.5. The Kier molecular flexibility index (Phi) is 6.10. The van der Waals surface area contributed by atoms with E-state index < -0.39 is 11.8 Å². The van der Waals surface area contributed by atoms with Crippen LogP contribution in [0.15, 0.2) is 22.5 Å². The monoisotopic (exact) mass is 318 g/mol. The summed E-state index contributed by atoms with van der Waals surface area (Å²) in [5.74, 6) is 1.06. The molecule has 0 aliphatic heterocycles. The molecule has 110 valence electrons. The maximum atomic E-state index is 13.3. The molecule has 0 N–H and O–H groups in total. The lowest BCUT2D eigenvalue weighted by Gasteiger charge is -2.04. The number of ether oxygens (including phenoxy) is 1. The number of carbonyl (C=O) groups is 1. The van der Waals surface area contributed by atoms with Crippen molar-refractivity contribution in [2.24, 2.45) is 17.3 Å². The van der Waals surface area contributed by atoms with Gasteiger partial charge in [-0.15, -0.1) is 12.3 Å². The first-order valence-electron chi connectivity index (χ1n) is 6.28. The second-order valence-electron chi connectivity index (χ2n) is 5.28. The molecular formula is C15H17Cl2FO2. The smallest absolute Gasteiger partial charge is 0.310 e. The molecule has 0 radical (unpaired) electrons. The summed E-state index contributed by atoms with van der Waals surface area (Å²) in [6, 6.07) is 0. The lowest BCUT2D eigenvalue weighted by Crippen LogP contribution is -2.12. The molecule has 2 nitrogen and oxygen atoms in total. The normalized spacial score (nSPS) is 23.7. The van der Waals surface area contributed by atoms with Crippen molar-refractivity contribution >= 4 is 29.2 Å². The van der Waals surface area contributed by atoms with Gasteiger partial charge in [-0.05, 0) is 29.9 Å². The van der Waals surface area contributed by atoms with Crippen LogP contribution in [0.2, 0.25) is 0 Å². The number of carbonyl (C=O) groups excluding carboxylic acids is 1. The zero-order chi connectivity index (χ0) is 15.3. The van der Waals surface area contributed by atoms with E-state index in [2.05, 4.69) is 5.92 Å². The topological polar surface area (TPSA) is 26.3 Å². The molecule has 0 spiro atoms. The fourth-order valence-electron chi connectivity index (χ4n) is 2.18. The van der Waals surface area contributed by atoms with E-state index in [0.717, 1.165) is 0 Å². The number of unbranched alkanes of at least 4 members (excludes halogenated alkanes) is 1. The van der Waals surface area contributed by atoms with Gasteiger partial charge in [-0.1, -0.05) is 37.0 Å². The summed E-state index contributed by atoms with van der Waals surface area (Å²) < 4.78 is 18.4. The number of terminal acetylenes is 1. The third-order valence-corrected chi connectivity index (χ3v) is 3.73. The second kappa shape index (κ2) is 7.15. The van der Waals surface area contributed by atoms with Gasteiger partial charge in [0.2, 0.25) is 0 Å². The largest absolute Gasteiger partial charge is 0.458 e. The van der Waals surface area contributed by atoms with Gasteiger partial charge in [0.1, 0.15) is 16.9 Å². The molecule has 0 saturated heterocycles. The van der Waals surface area contributed by atoms with Gasteiger partial charge in [0.15, 0.2) is 0 Å². The van der Waals surface area contributed by atoms with Crippen LogP contribution in [0, 0.1) is 29.6 Å². The summed E-state index contributed by atoms with van der Waals surface area (Å²) in [6.45, 7) is 3.47. The SMILES string of the molecule is C#CCCC=C(F)COC(=O)C1C(C=C(Cl)Cl)C1(C)C. The molecule has 1 saturated carbocycles. The van der Waals surface area contributed by atoms with Crippen LogP contribution in [-0.2, 0) is 9.53 Å². The Balaban J connectivity index is 2.47. The van der Waals surface area contributed by atoms with Gasteiger partial charge in [-0.2, -0.15) is 0 Å². The van der Waals surface area contributed by atoms with Crippen molar-refractivity contribution in [3.8, 4) is 12.3 Å². The van der Waals surface area contributed by atoms with Crippen molar-refractivity contribution < 1.29 is 13.9 Å². The minimum absolute atomic E-state index is 0.0755. The quantitative estimate of drug-likeness (QED) is 0.412. The number of rotatable bonds is 6. The highest BCUT2D eigenvalue weighted by Gasteiger charge is 2.61. The Morgan fingerprint density at radius 1 is 1.50 bits per heavy atom. The molecule has 0 heterocycles. The van der Waals surface area contributed by atoms with Crippen LogP contribution in [0.5, 0.6) is 0 Å². The molecule has 1 aliphatic carbocycles. The third kappa shape index (κ3) is 4.54. The van der Waals surface area contributed by atoms with Gasteiger partial charge in [0.25, 0.3) is 0 Å². The van der Waals surface area contributed by atoms with E-state index in [1.165, 1.54) is 6.08 Å². The summed E-state index contributed by atoms with van der Waals surface area (Å²) in [7, 11) is 0. The van der Waals surface area contributed by atoms with E-state index >= 15 is 0 Å². The van der Waals surface area contributed by atoms with E-state index in [0.29, 0.717) is 12.8 Å². The number of hydrogen-bond donors (Lipinski definition) is 0. The van der Waals surface area contributed by atoms with Gasteiger partial charge >= 0.3 is 5.97 Å². The first kappa shape index (κ1) is 17.1. The Hall–Kier alpha value is -0.980. The summed E-state index contributed by atoms with van der Waals surface area (Å²) in [6.07, 6.45) is 8.90. The number of hydrogen-bond acceptors (Lipinski definition) is 2. The molecule has 2 atom stereocenters. The van der Waals surface area contributed by atoms with Crippen molar-refractivity contribution in [2.45, 2.75) is 26.7 Å². The van der Waals surface area contributed by atoms with Crippen LogP contribution in [-0.4, -0.2) is 12.6 Å². The summed E-state index contributed by atoms with van der Waals surface area (Å²) in [5.41, 5.74) is -0.268. The van der Waals surface area contributed by atoms with Gasteiger partial charge in [0, 0.05) is 6.42 Å². The molecular weight excluding hydrogens is 302 g/mol. The van der Waals surface area contributed by atoms with E-state index in [-0.39, 0.29) is 28.3 Å². The summed E-state index contributed by atoms with van der Waals surface area (Å²) >= 11 is 11.2. The molecule has 1 rings (SSSR count). The van der Waals surface area contributed by atoms with E-state index in [9.17, 15) is 9.18 Å². The fourth-order valence-corrected chi connectivity index (χ4v) is 2.45. The Bertz CT molecular complexity index is 471. The maximum absolute atomic E-state index is 13.3. The Labute approximate surface area is 129 Å². The van der Waals surface area contributed by atoms with Crippen molar-refractivity contribution in [3.63, 3.8) is 0 Å². The van der Waals surface area contributed by atoms with Crippen LogP contribution >= 0.6 is 23.2 Å². The van der Waals surface area contributed by atoms with Crippen LogP contribution in [0.25, 0.3) is 0 Å². The van der Waals surface area contributed by atoms with E-state index in [1.54, 1.807) is 6.08 Å². The fraction of sp³-hybridized carbons (Fsp3) is 0.533. The highest BCUT2D eigenvalue weighted by molar-refractivity contribution is 6.55. The molecule has 2 unspecified atom stereocenters. The maximum Gasteiger partial charge on any atom is 0.310 e. The average Bonchev–Trinajstić information content (AvgIpc) is 2.87. The number of halogens is 3. The van der Waals surface area contributed by atoms with Crippen LogP contribution in [0.1, 0.15) is 26.7 Å². The number of esters is 1. The number of allylic oxidation sites excluding steroid dienone is 2. The van der Waals surface area contributed by atoms with Gasteiger partial charge in [-0.25, -0.2) is 4.39 Å². The van der Waals surface area contributed by atoms with Crippen LogP contribution in [0.4, 0.5) is 4.39 Å². The van der Waals surface area contributed by atoms with Crippen molar-refractivity contribution in [1.82, 2.24) is 0 Å². The summed E-state index contributed by atoms with van der Waals surface area (Å²) in [4.78, 5) is 11.9. The Morgan fingerprint density at radius 3 is 2.70 bits per heavy atom. The Morgan fingerprint density at radius 2 is 2.15 bits per heavy atom. The summed E-state index contributed by atoms with van der Waals surface area (Å²) in [5, 5.41) is 0. The molecule has 1 fully saturated rings. The van der Waals surface area contributed by atoms with Gasteiger partial charge in [-0.3, -0.25) is 4.79 Å². The highest BCUT2D eigenvalue weighted by Crippen LogP contribution is 2.60. The first-order valence-corrected chi connectivity index (χ1v) is 7.03. The van der Waals surface area contributed by atoms with Crippen LogP contribution < -0.4 is 0 Å². The van der Waals surface area contributed by atoms with Gasteiger partial charge < -0.3 is 4.74 Å². The van der Waals surface area contributed by atoms with E-state index in [4.69, 9.17) is 34.4 Å². The molecule has 20 heavy (non-hydrogen) atoms. The van der Waals surface area contributed by atoms with Crippen molar-refractivity contribution in [1.29, 1.82) is 0 Å². The molecule has 1 aliphatic rings. The molecule has 0 aromatic heterocycles. The molecule has 0 amide bonds. The second-order valence-corrected chi connectivity index (χ2v) is 6.29. The van der Waals surface area contributed by atoms with E-state index in [1.807, 2.05) is 13.8 Å². The zero-order valence-corrected chi connectivity index (χ0v) is 13.0. The van der Waals surface area contributed by atoms with Crippen molar-refractivity contribution in [2.75, 3.05) is 6.61 Å². The minimum Gasteiger partial charge on any atom is -0.458 e. The lowest BCUT2D eigenvalue weighted by atomic mass is 10.1. The van der Waals surface area contributed by atoms with Gasteiger partial charge in [0.05, 0.1) is 5.92 Å². The third-order valence-electron chi connectivity index (χ3n) is 3.48. The average molecular weight is 319 g/mol. The molecule has 0 aromatic carbocycles. The molecule has 0 aromatic rings. The van der Waals surface area contributed by atoms with Crippen LogP contribution in [0.3, 0.4) is 0 Å². The first-order chi connectivity index (χ1) is 9.30. The lowest BCUT2D eigenvalue weighted by molar-refractivity contribution is -0.145. The molecule has 5 heteroatoms. The van der Waals surface area contributed by atoms with Crippen molar-refractivity contribution in [3.05, 3.63) is 22.5 Å². The molecule has 0 bridgehead atoms. The zero-order valence-electron chi connectivity index (χ0n) is 11.5. The standard InChI is InChI=1S/C15H17Cl2FO2/c1-4-5-6-7-10(18)9-20-14(19)13-11(8-12(16)17)15(13,2)3/h1,7-8,11,13H,5-6,9H2,2-3H3. The predicted molar refractivity (Wildman–Crippen MR) is 78.8 cm³/mol.